The summed E-state index contributed by atoms with van der Waals surface area (Å²) in [6.45, 7) is 5.12. The van der Waals surface area contributed by atoms with Gasteiger partial charge in [-0.2, -0.15) is 4.57 Å². The third-order valence-electron chi connectivity index (χ3n) is 5.84. The minimum absolute atomic E-state index is 0.848. The Morgan fingerprint density at radius 2 is 1.87 bits per heavy atom. The minimum Gasteiger partial charge on any atom is -0.257 e. The van der Waals surface area contributed by atoms with Gasteiger partial charge in [-0.05, 0) is 65.6 Å². The topological polar surface area (TPSA) is 21.7 Å². The third-order valence-corrected chi connectivity index (χ3v) is 5.84. The number of nitrogens with zero attached hydrogens (tertiary/aromatic N) is 3. The van der Waals surface area contributed by atoms with Crippen molar-refractivity contribution in [2.24, 2.45) is 0 Å². The number of aryl methyl sites for hydroxylation is 1. The van der Waals surface area contributed by atoms with Crippen LogP contribution < -0.4 is 4.57 Å². The second-order valence-corrected chi connectivity index (χ2v) is 7.92. The lowest BCUT2D eigenvalue weighted by atomic mass is 10.1. The molecule has 1 aliphatic rings. The molecule has 3 nitrogen and oxygen atoms in total. The summed E-state index contributed by atoms with van der Waals surface area (Å²) in [7, 11) is 0. The third kappa shape index (κ3) is 3.99. The van der Waals surface area contributed by atoms with Crippen LogP contribution in [0.4, 0.5) is 0 Å². The molecule has 0 fully saturated rings. The van der Waals surface area contributed by atoms with Gasteiger partial charge in [-0.15, -0.1) is 0 Å². The molecule has 1 aliphatic carbocycles. The summed E-state index contributed by atoms with van der Waals surface area (Å²) in [5.74, 6) is 1.19. The molecule has 0 N–H and O–H groups in total. The van der Waals surface area contributed by atoms with E-state index in [1.54, 1.807) is 0 Å². The van der Waals surface area contributed by atoms with Gasteiger partial charge in [0.05, 0.1) is 17.8 Å². The van der Waals surface area contributed by atoms with Crippen molar-refractivity contribution in [3.05, 3.63) is 110 Å². The lowest BCUT2D eigenvalue weighted by Gasteiger charge is -2.10. The number of rotatable bonds is 6. The zero-order chi connectivity index (χ0) is 21.0. The summed E-state index contributed by atoms with van der Waals surface area (Å²) in [5.41, 5.74) is 4.47. The molecule has 2 aromatic carbocycles. The predicted octanol–water partition coefficient (Wildman–Crippen LogP) is 6.29. The molecule has 0 amide bonds. The Kier molecular flexibility index (Phi) is 5.32. The molecule has 152 valence electrons. The first kappa shape index (κ1) is 19.3. The molecule has 0 bridgehead atoms. The van der Waals surface area contributed by atoms with Crippen LogP contribution in [0.15, 0.2) is 104 Å². The number of fused-ring (bicyclic) bond motifs is 1. The second-order valence-electron chi connectivity index (χ2n) is 7.92. The van der Waals surface area contributed by atoms with E-state index < -0.39 is 0 Å². The molecule has 0 spiro atoms. The fraction of sp³-hybridized carbons (Fsp3) is 0.143. The SMILES string of the molecule is C=C(CC[n+]1ccn(C2=CCCC=C2)c1-c1ccc2ccccc2c1)c1ccccn1. The molecule has 0 unspecified atom stereocenters. The van der Waals surface area contributed by atoms with Gasteiger partial charge in [-0.25, -0.2) is 4.57 Å². The Labute approximate surface area is 183 Å². The fourth-order valence-corrected chi connectivity index (χ4v) is 4.18. The highest BCUT2D eigenvalue weighted by atomic mass is 15.2. The maximum absolute atomic E-state index is 4.45. The lowest BCUT2D eigenvalue weighted by molar-refractivity contribution is -0.684. The predicted molar refractivity (Wildman–Crippen MR) is 128 cm³/mol. The highest BCUT2D eigenvalue weighted by Gasteiger charge is 2.22. The summed E-state index contributed by atoms with van der Waals surface area (Å²) < 4.78 is 4.64. The Morgan fingerprint density at radius 1 is 1.00 bits per heavy atom. The molecule has 0 saturated heterocycles. The van der Waals surface area contributed by atoms with E-state index in [0.717, 1.165) is 37.1 Å². The summed E-state index contributed by atoms with van der Waals surface area (Å²) in [6.07, 6.45) is 16.0. The van der Waals surface area contributed by atoms with Gasteiger partial charge in [0.15, 0.2) is 0 Å². The van der Waals surface area contributed by atoms with Crippen molar-refractivity contribution < 1.29 is 4.57 Å². The van der Waals surface area contributed by atoms with Crippen LogP contribution in [0.1, 0.15) is 25.0 Å². The molecular formula is C28H26N3+. The van der Waals surface area contributed by atoms with Gasteiger partial charge < -0.3 is 0 Å². The Bertz CT molecular complexity index is 1290. The van der Waals surface area contributed by atoms with Gasteiger partial charge in [0.2, 0.25) is 0 Å². The molecule has 5 rings (SSSR count). The molecule has 0 saturated carbocycles. The lowest BCUT2D eigenvalue weighted by Crippen LogP contribution is -2.35. The normalized spacial score (nSPS) is 13.4. The van der Waals surface area contributed by atoms with Gasteiger partial charge in [0, 0.05) is 12.6 Å². The van der Waals surface area contributed by atoms with E-state index in [9.17, 15) is 0 Å². The molecule has 0 aliphatic heterocycles. The van der Waals surface area contributed by atoms with E-state index in [0.29, 0.717) is 0 Å². The van der Waals surface area contributed by atoms with Crippen LogP contribution in [-0.2, 0) is 6.54 Å². The van der Waals surface area contributed by atoms with Gasteiger partial charge in [0.25, 0.3) is 5.82 Å². The molecule has 0 atom stereocenters. The Morgan fingerprint density at radius 3 is 2.68 bits per heavy atom. The highest BCUT2D eigenvalue weighted by molar-refractivity contribution is 5.86. The van der Waals surface area contributed by atoms with Crippen LogP contribution in [0.3, 0.4) is 0 Å². The average molecular weight is 405 g/mol. The standard InChI is InChI=1S/C28H26N3/c1-22(27-13-7-8-17-29-27)16-18-30-19-20-31(26-11-3-2-4-12-26)28(30)25-15-14-23-9-5-6-10-24(23)21-25/h3,5-15,17,19-21H,1-2,4,16,18H2/q+1. The summed E-state index contributed by atoms with van der Waals surface area (Å²) in [5, 5.41) is 2.52. The first-order chi connectivity index (χ1) is 15.3. The van der Waals surface area contributed by atoms with E-state index in [2.05, 4.69) is 93.8 Å². The van der Waals surface area contributed by atoms with Gasteiger partial charge in [-0.1, -0.05) is 49.1 Å². The van der Waals surface area contributed by atoms with Crippen molar-refractivity contribution in [3.63, 3.8) is 0 Å². The first-order valence-corrected chi connectivity index (χ1v) is 10.9. The van der Waals surface area contributed by atoms with E-state index >= 15 is 0 Å². The van der Waals surface area contributed by atoms with Gasteiger partial charge in [-0.3, -0.25) is 4.98 Å². The molecule has 31 heavy (non-hydrogen) atoms. The second kappa shape index (κ2) is 8.57. The van der Waals surface area contributed by atoms with E-state index in [1.807, 2.05) is 24.4 Å². The Balaban J connectivity index is 1.53. The maximum Gasteiger partial charge on any atom is 0.294 e. The number of benzene rings is 2. The van der Waals surface area contributed by atoms with Crippen LogP contribution >= 0.6 is 0 Å². The molecule has 0 radical (unpaired) electrons. The largest absolute Gasteiger partial charge is 0.294 e. The van der Waals surface area contributed by atoms with E-state index in [-0.39, 0.29) is 0 Å². The van der Waals surface area contributed by atoms with E-state index in [4.69, 9.17) is 0 Å². The quantitative estimate of drug-likeness (QED) is 0.346. The van der Waals surface area contributed by atoms with Crippen LogP contribution in [0.25, 0.3) is 33.4 Å². The van der Waals surface area contributed by atoms with Gasteiger partial charge in [0.1, 0.15) is 18.1 Å². The number of pyridine rings is 1. The van der Waals surface area contributed by atoms with Crippen molar-refractivity contribution in [1.82, 2.24) is 9.55 Å². The number of hydrogen-bond acceptors (Lipinski definition) is 1. The number of allylic oxidation sites excluding steroid dienone is 5. The zero-order valence-corrected chi connectivity index (χ0v) is 17.6. The number of aromatic nitrogens is 3. The smallest absolute Gasteiger partial charge is 0.257 e. The summed E-state index contributed by atoms with van der Waals surface area (Å²) in [6, 6.07) is 21.2. The summed E-state index contributed by atoms with van der Waals surface area (Å²) in [4.78, 5) is 4.45. The maximum atomic E-state index is 4.45. The van der Waals surface area contributed by atoms with E-state index in [1.165, 1.54) is 27.9 Å². The number of hydrogen-bond donors (Lipinski definition) is 0. The number of imidazole rings is 1. The van der Waals surface area contributed by atoms with Crippen molar-refractivity contribution in [3.8, 4) is 11.4 Å². The van der Waals surface area contributed by atoms with Crippen LogP contribution in [0.5, 0.6) is 0 Å². The molecule has 2 heterocycles. The average Bonchev–Trinajstić information content (AvgIpc) is 3.27. The fourth-order valence-electron chi connectivity index (χ4n) is 4.18. The van der Waals surface area contributed by atoms with Crippen molar-refractivity contribution in [1.29, 1.82) is 0 Å². The Hall–Kier alpha value is -3.72. The van der Waals surface area contributed by atoms with Gasteiger partial charge >= 0.3 is 0 Å². The minimum atomic E-state index is 0.848. The van der Waals surface area contributed by atoms with Crippen molar-refractivity contribution in [2.75, 3.05) is 0 Å². The molecule has 4 aromatic rings. The van der Waals surface area contributed by atoms with Crippen molar-refractivity contribution in [2.45, 2.75) is 25.8 Å². The molecule has 2 aromatic heterocycles. The van der Waals surface area contributed by atoms with Crippen LogP contribution in [0.2, 0.25) is 0 Å². The molecular weight excluding hydrogens is 378 g/mol. The molecule has 3 heteroatoms. The zero-order valence-electron chi connectivity index (χ0n) is 17.6. The van der Waals surface area contributed by atoms with Crippen molar-refractivity contribution >= 4 is 22.0 Å². The first-order valence-electron chi connectivity index (χ1n) is 10.9. The van der Waals surface area contributed by atoms with Crippen LogP contribution in [-0.4, -0.2) is 9.55 Å². The van der Waals surface area contributed by atoms with Crippen LogP contribution in [0, 0.1) is 0 Å². The monoisotopic (exact) mass is 404 g/mol. The highest BCUT2D eigenvalue weighted by Crippen LogP contribution is 2.27. The summed E-state index contributed by atoms with van der Waals surface area (Å²) >= 11 is 0.